The lowest BCUT2D eigenvalue weighted by molar-refractivity contribution is 0.287. The molecule has 0 amide bonds. The first-order valence-electron chi connectivity index (χ1n) is 8.39. The number of rotatable bonds is 9. The van der Waals surface area contributed by atoms with Gasteiger partial charge in [0.25, 0.3) is 0 Å². The van der Waals surface area contributed by atoms with Crippen molar-refractivity contribution in [3.63, 3.8) is 0 Å². The van der Waals surface area contributed by atoms with Gasteiger partial charge >= 0.3 is 0 Å². The predicted molar refractivity (Wildman–Crippen MR) is 110 cm³/mol. The average molecular weight is 436 g/mol. The summed E-state index contributed by atoms with van der Waals surface area (Å²) in [6, 6.07) is 4.03. The third-order valence-electron chi connectivity index (χ3n) is 4.27. The molecule has 0 fully saturated rings. The lowest BCUT2D eigenvalue weighted by Crippen LogP contribution is -2.41. The highest BCUT2D eigenvalue weighted by Gasteiger charge is 2.36. The second kappa shape index (κ2) is 9.50. The standard InChI is InChI=1S/C18H31BrO3SSi/c1-8-9-21-17-15(20-5)12-14(19)13-16(17)23-11-10-22-24(6,7)18(2,3)4/h12-13H,8-11H2,1-7H3. The highest BCUT2D eigenvalue weighted by Crippen LogP contribution is 2.41. The van der Waals surface area contributed by atoms with E-state index in [9.17, 15) is 0 Å². The van der Waals surface area contributed by atoms with E-state index in [1.54, 1.807) is 18.9 Å². The van der Waals surface area contributed by atoms with Crippen molar-refractivity contribution >= 4 is 36.0 Å². The summed E-state index contributed by atoms with van der Waals surface area (Å²) in [7, 11) is -0.00871. The number of hydrogen-bond donors (Lipinski definition) is 0. The van der Waals surface area contributed by atoms with E-state index in [1.807, 2.05) is 6.07 Å². The second-order valence-corrected chi connectivity index (χ2v) is 14.1. The van der Waals surface area contributed by atoms with Crippen molar-refractivity contribution in [2.45, 2.75) is 57.1 Å². The van der Waals surface area contributed by atoms with E-state index in [-0.39, 0.29) is 5.04 Å². The maximum Gasteiger partial charge on any atom is 0.192 e. The van der Waals surface area contributed by atoms with Gasteiger partial charge in [-0.1, -0.05) is 43.6 Å². The van der Waals surface area contributed by atoms with Crippen LogP contribution in [0.3, 0.4) is 0 Å². The fraction of sp³-hybridized carbons (Fsp3) is 0.667. The summed E-state index contributed by atoms with van der Waals surface area (Å²) < 4.78 is 18.6. The molecule has 0 heterocycles. The van der Waals surface area contributed by atoms with E-state index >= 15 is 0 Å². The van der Waals surface area contributed by atoms with Gasteiger partial charge in [-0.25, -0.2) is 0 Å². The van der Waals surface area contributed by atoms with Gasteiger partial charge in [0.1, 0.15) is 0 Å². The molecule has 0 spiro atoms. The summed E-state index contributed by atoms with van der Waals surface area (Å²) in [5, 5.41) is 0.242. The molecule has 0 radical (unpaired) electrons. The molecule has 1 rings (SSSR count). The Hall–Kier alpha value is -0.173. The molecule has 0 aliphatic carbocycles. The van der Waals surface area contributed by atoms with E-state index in [0.717, 1.165) is 39.6 Å². The molecule has 0 aliphatic heterocycles. The Morgan fingerprint density at radius 3 is 2.38 bits per heavy atom. The maximum absolute atomic E-state index is 6.26. The molecule has 0 atom stereocenters. The van der Waals surface area contributed by atoms with Gasteiger partial charge in [-0.05, 0) is 36.7 Å². The zero-order valence-corrected chi connectivity index (χ0v) is 19.4. The Balaban J connectivity index is 2.75. The van der Waals surface area contributed by atoms with Crippen LogP contribution < -0.4 is 9.47 Å². The van der Waals surface area contributed by atoms with Crippen molar-refractivity contribution in [1.29, 1.82) is 0 Å². The van der Waals surface area contributed by atoms with Gasteiger partial charge in [-0.3, -0.25) is 0 Å². The van der Waals surface area contributed by atoms with Gasteiger partial charge in [-0.15, -0.1) is 11.8 Å². The fourth-order valence-corrected chi connectivity index (χ4v) is 4.48. The SMILES string of the molecule is CCCOc1c(OC)cc(Br)cc1SCCO[Si](C)(C)C(C)(C)C. The number of ether oxygens (including phenoxy) is 2. The minimum Gasteiger partial charge on any atom is -0.493 e. The quantitative estimate of drug-likeness (QED) is 0.256. The first kappa shape index (κ1) is 21.9. The molecule has 24 heavy (non-hydrogen) atoms. The topological polar surface area (TPSA) is 27.7 Å². The molecule has 0 N–H and O–H groups in total. The van der Waals surface area contributed by atoms with E-state index in [2.05, 4.69) is 62.8 Å². The van der Waals surface area contributed by atoms with Crippen molar-refractivity contribution < 1.29 is 13.9 Å². The van der Waals surface area contributed by atoms with Crippen LogP contribution in [0.1, 0.15) is 34.1 Å². The molecule has 1 aromatic rings. The van der Waals surface area contributed by atoms with Crippen LogP contribution in [0.2, 0.25) is 18.1 Å². The van der Waals surface area contributed by atoms with Crippen LogP contribution >= 0.6 is 27.7 Å². The summed E-state index contributed by atoms with van der Waals surface area (Å²) in [6.45, 7) is 14.9. The van der Waals surface area contributed by atoms with Crippen LogP contribution in [0.4, 0.5) is 0 Å². The van der Waals surface area contributed by atoms with Crippen LogP contribution in [0.25, 0.3) is 0 Å². The summed E-state index contributed by atoms with van der Waals surface area (Å²) in [5.41, 5.74) is 0. The minimum absolute atomic E-state index is 0.242. The van der Waals surface area contributed by atoms with Crippen LogP contribution in [-0.4, -0.2) is 34.4 Å². The van der Waals surface area contributed by atoms with E-state index in [0.29, 0.717) is 6.61 Å². The Labute approximate surface area is 161 Å². The van der Waals surface area contributed by atoms with Gasteiger partial charge in [0.05, 0.1) is 18.6 Å². The van der Waals surface area contributed by atoms with Crippen molar-refractivity contribution in [3.8, 4) is 11.5 Å². The highest BCUT2D eigenvalue weighted by molar-refractivity contribution is 9.10. The molecular weight excluding hydrogens is 404 g/mol. The molecule has 0 saturated heterocycles. The van der Waals surface area contributed by atoms with Gasteiger partial charge in [-0.2, -0.15) is 0 Å². The number of methoxy groups -OCH3 is 1. The monoisotopic (exact) mass is 434 g/mol. The Morgan fingerprint density at radius 2 is 1.83 bits per heavy atom. The third kappa shape index (κ3) is 6.28. The van der Waals surface area contributed by atoms with E-state index in [4.69, 9.17) is 13.9 Å². The smallest absolute Gasteiger partial charge is 0.192 e. The zero-order chi connectivity index (χ0) is 18.4. The van der Waals surface area contributed by atoms with Gasteiger partial charge in [0, 0.05) is 16.8 Å². The summed E-state index contributed by atoms with van der Waals surface area (Å²) in [6.07, 6.45) is 0.970. The summed E-state index contributed by atoms with van der Waals surface area (Å²) in [5.74, 6) is 2.50. The van der Waals surface area contributed by atoms with E-state index < -0.39 is 8.32 Å². The normalized spacial score (nSPS) is 12.3. The number of thioether (sulfide) groups is 1. The number of hydrogen-bond acceptors (Lipinski definition) is 4. The first-order valence-corrected chi connectivity index (χ1v) is 13.1. The number of halogens is 1. The van der Waals surface area contributed by atoms with Gasteiger partial charge in [0.2, 0.25) is 0 Å². The lowest BCUT2D eigenvalue weighted by atomic mass is 10.2. The molecule has 0 aliphatic rings. The van der Waals surface area contributed by atoms with Crippen LogP contribution in [-0.2, 0) is 4.43 Å². The molecule has 6 heteroatoms. The van der Waals surface area contributed by atoms with E-state index in [1.165, 1.54) is 0 Å². The maximum atomic E-state index is 6.26. The highest BCUT2D eigenvalue weighted by atomic mass is 79.9. The van der Waals surface area contributed by atoms with Crippen molar-refractivity contribution in [2.75, 3.05) is 26.1 Å². The molecule has 138 valence electrons. The predicted octanol–water partition coefficient (Wildman–Crippen LogP) is 6.36. The second-order valence-electron chi connectivity index (χ2n) is 7.24. The molecule has 1 aromatic carbocycles. The molecule has 0 bridgehead atoms. The van der Waals surface area contributed by atoms with Crippen LogP contribution in [0.15, 0.2) is 21.5 Å². The molecular formula is C18H31BrO3SSi. The third-order valence-corrected chi connectivity index (χ3v) is 10.2. The Bertz CT molecular complexity index is 530. The average Bonchev–Trinajstić information content (AvgIpc) is 2.48. The lowest BCUT2D eigenvalue weighted by Gasteiger charge is -2.36. The van der Waals surface area contributed by atoms with Gasteiger partial charge in [0.15, 0.2) is 19.8 Å². The summed E-state index contributed by atoms with van der Waals surface area (Å²) >= 11 is 5.30. The minimum atomic E-state index is -1.68. The first-order chi connectivity index (χ1) is 11.1. The number of benzene rings is 1. The van der Waals surface area contributed by atoms with Crippen molar-refractivity contribution in [3.05, 3.63) is 16.6 Å². The summed E-state index contributed by atoms with van der Waals surface area (Å²) in [4.78, 5) is 1.09. The molecule has 0 saturated carbocycles. The van der Waals surface area contributed by atoms with Crippen molar-refractivity contribution in [1.82, 2.24) is 0 Å². The fourth-order valence-electron chi connectivity index (χ4n) is 1.81. The molecule has 3 nitrogen and oxygen atoms in total. The van der Waals surface area contributed by atoms with Crippen LogP contribution in [0.5, 0.6) is 11.5 Å². The Kier molecular flexibility index (Phi) is 8.66. The molecule has 0 aromatic heterocycles. The van der Waals surface area contributed by atoms with Crippen molar-refractivity contribution in [2.24, 2.45) is 0 Å². The largest absolute Gasteiger partial charge is 0.493 e. The molecule has 0 unspecified atom stereocenters. The Morgan fingerprint density at radius 1 is 1.17 bits per heavy atom. The zero-order valence-electron chi connectivity index (χ0n) is 16.0. The van der Waals surface area contributed by atoms with Crippen LogP contribution in [0, 0.1) is 0 Å². The van der Waals surface area contributed by atoms with Gasteiger partial charge < -0.3 is 13.9 Å².